The molecule has 2 amide bonds. The predicted octanol–water partition coefficient (Wildman–Crippen LogP) is 1.44. The number of nitrogens with one attached hydrogen (secondary N) is 1. The van der Waals surface area contributed by atoms with Crippen molar-refractivity contribution in [3.05, 3.63) is 0 Å². The van der Waals surface area contributed by atoms with Crippen LogP contribution in [0.15, 0.2) is 0 Å². The first-order valence-electron chi connectivity index (χ1n) is 9.91. The summed E-state index contributed by atoms with van der Waals surface area (Å²) in [5.74, 6) is -1.90. The Morgan fingerprint density at radius 3 is 2.46 bits per heavy atom. The van der Waals surface area contributed by atoms with E-state index >= 15 is 0 Å². The number of urea groups is 1. The van der Waals surface area contributed by atoms with Crippen LogP contribution in [0.3, 0.4) is 0 Å². The zero-order valence-electron chi connectivity index (χ0n) is 16.7. The van der Waals surface area contributed by atoms with Crippen molar-refractivity contribution in [1.29, 1.82) is 0 Å². The Kier molecular flexibility index (Phi) is 7.79. The molecule has 158 valence electrons. The Bertz CT molecular complexity index is 598. The van der Waals surface area contributed by atoms with Crippen molar-refractivity contribution in [1.82, 2.24) is 10.2 Å². The average Bonchev–Trinajstić information content (AvgIpc) is 2.93. The minimum atomic E-state index is -0.823. The lowest BCUT2D eigenvalue weighted by Gasteiger charge is -2.25. The molecule has 2 atom stereocenters. The third kappa shape index (κ3) is 6.78. The molecule has 2 fully saturated rings. The number of rotatable bonds is 6. The van der Waals surface area contributed by atoms with Crippen LogP contribution in [0.1, 0.15) is 65.2 Å². The summed E-state index contributed by atoms with van der Waals surface area (Å²) in [5, 5.41) is 3.19. The molecule has 0 aromatic rings. The summed E-state index contributed by atoms with van der Waals surface area (Å²) in [7, 11) is 0. The highest BCUT2D eigenvalue weighted by Crippen LogP contribution is 2.27. The van der Waals surface area contributed by atoms with Gasteiger partial charge in [-0.2, -0.15) is 0 Å². The number of nitrogens with zero attached hydrogens (tertiary/aromatic N) is 1. The van der Waals surface area contributed by atoms with Gasteiger partial charge in [-0.1, -0.05) is 20.3 Å². The van der Waals surface area contributed by atoms with Crippen LogP contribution in [0.5, 0.6) is 0 Å². The first-order valence-corrected chi connectivity index (χ1v) is 9.91. The quantitative estimate of drug-likeness (QED) is 0.512. The van der Waals surface area contributed by atoms with Gasteiger partial charge in [-0.05, 0) is 44.1 Å². The van der Waals surface area contributed by atoms with Crippen LogP contribution in [0.4, 0.5) is 4.79 Å². The van der Waals surface area contributed by atoms with Gasteiger partial charge in [0.25, 0.3) is 0 Å². The highest BCUT2D eigenvalue weighted by Gasteiger charge is 2.36. The molecule has 9 heteroatoms. The fourth-order valence-corrected chi connectivity index (χ4v) is 3.63. The first-order chi connectivity index (χ1) is 13.2. The fourth-order valence-electron chi connectivity index (χ4n) is 3.63. The Balaban J connectivity index is 1.80. The summed E-state index contributed by atoms with van der Waals surface area (Å²) in [6, 6.07) is -1.53. The summed E-state index contributed by atoms with van der Waals surface area (Å²) in [4.78, 5) is 49.1. The number of primary amides is 1. The zero-order valence-corrected chi connectivity index (χ0v) is 16.7. The van der Waals surface area contributed by atoms with Gasteiger partial charge in [0.15, 0.2) is 6.23 Å². The minimum absolute atomic E-state index is 0.0330. The molecule has 2 rings (SSSR count). The summed E-state index contributed by atoms with van der Waals surface area (Å²) in [6.45, 7) is 4.67. The van der Waals surface area contributed by atoms with Crippen LogP contribution in [0, 0.1) is 5.41 Å². The second kappa shape index (κ2) is 9.86. The van der Waals surface area contributed by atoms with E-state index in [1.807, 2.05) is 0 Å². The van der Waals surface area contributed by atoms with Crippen LogP contribution in [-0.2, 0) is 23.9 Å². The van der Waals surface area contributed by atoms with Gasteiger partial charge in [0.1, 0.15) is 6.04 Å². The normalized spacial score (nSPS) is 23.0. The third-order valence-corrected chi connectivity index (χ3v) is 5.06. The molecule has 28 heavy (non-hydrogen) atoms. The van der Waals surface area contributed by atoms with Gasteiger partial charge in [-0.15, -0.1) is 0 Å². The van der Waals surface area contributed by atoms with Crippen LogP contribution in [0.25, 0.3) is 0 Å². The average molecular weight is 397 g/mol. The van der Waals surface area contributed by atoms with E-state index in [9.17, 15) is 19.2 Å². The van der Waals surface area contributed by atoms with Gasteiger partial charge in [-0.3, -0.25) is 14.9 Å². The number of carbonyl (C=O) groups is 4. The summed E-state index contributed by atoms with van der Waals surface area (Å²) < 4.78 is 10.4. The highest BCUT2D eigenvalue weighted by atomic mass is 16.6. The Morgan fingerprint density at radius 2 is 1.75 bits per heavy atom. The molecule has 0 spiro atoms. The number of amides is 2. The van der Waals surface area contributed by atoms with Crippen LogP contribution < -0.4 is 11.1 Å². The number of hydrogen-bond acceptors (Lipinski definition) is 7. The number of carbonyl (C=O) groups excluding carboxylic acids is 4. The minimum Gasteiger partial charge on any atom is -0.447 e. The van der Waals surface area contributed by atoms with Crippen molar-refractivity contribution in [2.75, 3.05) is 13.1 Å². The van der Waals surface area contributed by atoms with E-state index in [0.717, 1.165) is 32.2 Å². The molecule has 2 aliphatic heterocycles. The molecular weight excluding hydrogens is 366 g/mol. The van der Waals surface area contributed by atoms with Crippen LogP contribution in [-0.4, -0.2) is 54.2 Å². The molecule has 2 saturated heterocycles. The lowest BCUT2D eigenvalue weighted by atomic mass is 9.86. The molecule has 0 radical (unpaired) electrons. The van der Waals surface area contributed by atoms with E-state index in [1.54, 1.807) is 13.8 Å². The van der Waals surface area contributed by atoms with Crippen molar-refractivity contribution in [3.63, 3.8) is 0 Å². The van der Waals surface area contributed by atoms with Gasteiger partial charge in [-0.25, -0.2) is 9.59 Å². The van der Waals surface area contributed by atoms with Crippen molar-refractivity contribution >= 4 is 23.9 Å². The predicted molar refractivity (Wildman–Crippen MR) is 99.8 cm³/mol. The third-order valence-electron chi connectivity index (χ3n) is 5.06. The molecular formula is C19H31N3O6. The number of likely N-dealkylation sites (tertiary alicyclic amines) is 1. The van der Waals surface area contributed by atoms with E-state index in [-0.39, 0.29) is 25.0 Å². The molecule has 0 aliphatic carbocycles. The van der Waals surface area contributed by atoms with Gasteiger partial charge < -0.3 is 20.1 Å². The number of hydrogen-bond donors (Lipinski definition) is 2. The highest BCUT2D eigenvalue weighted by molar-refractivity contribution is 5.91. The van der Waals surface area contributed by atoms with Gasteiger partial charge in [0.2, 0.25) is 0 Å². The van der Waals surface area contributed by atoms with Gasteiger partial charge >= 0.3 is 23.9 Å². The van der Waals surface area contributed by atoms with Gasteiger partial charge in [0, 0.05) is 6.54 Å². The lowest BCUT2D eigenvalue weighted by molar-refractivity contribution is -0.164. The summed E-state index contributed by atoms with van der Waals surface area (Å²) in [5.41, 5.74) is 4.51. The molecule has 0 bridgehead atoms. The van der Waals surface area contributed by atoms with E-state index < -0.39 is 29.4 Å². The van der Waals surface area contributed by atoms with Crippen molar-refractivity contribution < 1.29 is 28.7 Å². The Labute approximate surface area is 165 Å². The second-order valence-corrected chi connectivity index (χ2v) is 8.28. The zero-order chi connectivity index (χ0) is 20.7. The van der Waals surface area contributed by atoms with Crippen LogP contribution >= 0.6 is 0 Å². The van der Waals surface area contributed by atoms with E-state index in [1.165, 1.54) is 4.90 Å². The first kappa shape index (κ1) is 22.1. The topological polar surface area (TPSA) is 128 Å². The molecule has 9 nitrogen and oxygen atoms in total. The fraction of sp³-hybridized carbons (Fsp3) is 0.789. The standard InChI is InChI=1S/C19H31N3O6/c1-19(2,11-15(23)27-14-8-4-3-5-9-21-14)12-16(24)28-17(25)13-7-6-10-22(13)18(20)26/h13-14,21H,3-12H2,1-2H3,(H2,20,26)/t13-,14?/m0/s1. The van der Waals surface area contributed by atoms with Crippen molar-refractivity contribution in [2.24, 2.45) is 11.1 Å². The smallest absolute Gasteiger partial charge is 0.336 e. The van der Waals surface area contributed by atoms with E-state index in [4.69, 9.17) is 15.2 Å². The lowest BCUT2D eigenvalue weighted by Crippen LogP contribution is -2.44. The van der Waals surface area contributed by atoms with E-state index in [0.29, 0.717) is 19.4 Å². The van der Waals surface area contributed by atoms with E-state index in [2.05, 4.69) is 5.32 Å². The molecule has 0 aromatic carbocycles. The molecule has 2 heterocycles. The maximum Gasteiger partial charge on any atom is 0.336 e. The summed E-state index contributed by atoms with van der Waals surface area (Å²) >= 11 is 0. The molecule has 0 aromatic heterocycles. The Hall–Kier alpha value is -2.16. The Morgan fingerprint density at radius 1 is 1.04 bits per heavy atom. The molecule has 2 aliphatic rings. The van der Waals surface area contributed by atoms with Crippen LogP contribution in [0.2, 0.25) is 0 Å². The number of esters is 3. The number of ether oxygens (including phenoxy) is 2. The maximum absolute atomic E-state index is 12.2. The largest absolute Gasteiger partial charge is 0.447 e. The van der Waals surface area contributed by atoms with Gasteiger partial charge in [0.05, 0.1) is 12.8 Å². The second-order valence-electron chi connectivity index (χ2n) is 8.28. The van der Waals surface area contributed by atoms with Crippen molar-refractivity contribution in [2.45, 2.75) is 77.5 Å². The van der Waals surface area contributed by atoms with Crippen molar-refractivity contribution in [3.8, 4) is 0 Å². The number of nitrogens with two attached hydrogens (primary N) is 1. The summed E-state index contributed by atoms with van der Waals surface area (Å²) in [6.07, 6.45) is 4.63. The molecule has 0 saturated carbocycles. The maximum atomic E-state index is 12.2. The SMILES string of the molecule is CC(C)(CC(=O)OC(=O)[C@@H]1CCCN1C(N)=O)CC(=O)OC1CCCCCN1. The molecule has 1 unspecified atom stereocenters. The molecule has 3 N–H and O–H groups in total. The monoisotopic (exact) mass is 397 g/mol.